The van der Waals surface area contributed by atoms with Crippen molar-refractivity contribution in [3.05, 3.63) is 191 Å². The Kier molecular flexibility index (Phi) is 17.1. The number of aliphatic imine (C=N–C) groups is 4. The van der Waals surface area contributed by atoms with Gasteiger partial charge in [-0.3, -0.25) is 0 Å². The zero-order valence-electron chi connectivity index (χ0n) is 51.8. The first-order valence-corrected chi connectivity index (χ1v) is 33.6. The van der Waals surface area contributed by atoms with Crippen molar-refractivity contribution in [3.8, 4) is 45.6 Å². The van der Waals surface area contributed by atoms with Crippen LogP contribution in [0.15, 0.2) is 197 Å². The number of nitrogen functional groups attached to an aromatic ring is 2. The maximum absolute atomic E-state index is 12.6. The number of hydrogen-bond donors (Lipinski definition) is 4. The predicted molar refractivity (Wildman–Crippen MR) is 356 cm³/mol. The number of nitrogens with two attached hydrogens (primary N) is 2. The molecule has 10 aromatic carbocycles. The van der Waals surface area contributed by atoms with E-state index in [1.54, 1.807) is 19.1 Å². The van der Waals surface area contributed by atoms with Crippen LogP contribution < -0.4 is 91.0 Å². The Balaban J connectivity index is 0.00000180. The molecule has 1 radical (unpaired) electrons. The average Bonchev–Trinajstić information content (AvgIpc) is 1.53. The molecular formula is C68H50InN10Na2O9S2. The molecule has 443 valence electrons. The van der Waals surface area contributed by atoms with E-state index >= 15 is 0 Å². The summed E-state index contributed by atoms with van der Waals surface area (Å²) in [6, 6.07) is 50.0. The number of amidine groups is 4. The molecule has 6 bridgehead atoms. The second-order valence-electron chi connectivity index (χ2n) is 21.6. The minimum Gasteiger partial charge on any atom is -1.00 e. The molecule has 19 nitrogen and oxygen atoms in total. The third kappa shape index (κ3) is 10.1. The molecule has 0 unspecified atom stereocenters. The van der Waals surface area contributed by atoms with Crippen molar-refractivity contribution in [1.82, 2.24) is 5.11 Å². The van der Waals surface area contributed by atoms with Gasteiger partial charge < -0.3 is 8.33 Å². The van der Waals surface area contributed by atoms with E-state index in [1.165, 1.54) is 12.1 Å². The van der Waals surface area contributed by atoms with E-state index in [1.807, 2.05) is 109 Å². The van der Waals surface area contributed by atoms with Gasteiger partial charge in [-0.25, -0.2) is 5.26 Å². The van der Waals surface area contributed by atoms with Crippen LogP contribution in [0.3, 0.4) is 0 Å². The number of fused-ring (bicyclic) bond motifs is 18. The molecule has 16 rings (SSSR count). The van der Waals surface area contributed by atoms with Crippen LogP contribution in [-0.4, -0.2) is 88.9 Å². The molecule has 2 aromatic heterocycles. The van der Waals surface area contributed by atoms with Crippen molar-refractivity contribution in [2.75, 3.05) is 24.7 Å². The van der Waals surface area contributed by atoms with Gasteiger partial charge in [-0.1, -0.05) is 5.04 Å². The Labute approximate surface area is 588 Å². The maximum Gasteiger partial charge on any atom is 1.00 e. The largest absolute Gasteiger partial charge is 1.00 e. The molecule has 12 aromatic rings. The number of unbranched alkanes of at least 4 members (excludes halogenated alkanes) is 1. The van der Waals surface area contributed by atoms with Gasteiger partial charge in [0.15, 0.2) is 0 Å². The van der Waals surface area contributed by atoms with Crippen LogP contribution in [0.2, 0.25) is 0 Å². The van der Waals surface area contributed by atoms with Gasteiger partial charge >= 0.3 is 575 Å². The van der Waals surface area contributed by atoms with E-state index in [0.717, 1.165) is 84.7 Å². The second-order valence-corrected chi connectivity index (χ2v) is 27.5. The van der Waals surface area contributed by atoms with Gasteiger partial charge in [0.25, 0.3) is 0 Å². The van der Waals surface area contributed by atoms with Gasteiger partial charge in [-0.15, -0.1) is 0 Å². The van der Waals surface area contributed by atoms with Crippen molar-refractivity contribution in [2.24, 2.45) is 30.0 Å². The normalized spacial score (nSPS) is 13.2. The van der Waals surface area contributed by atoms with Crippen LogP contribution in [0.4, 0.5) is 23.0 Å². The summed E-state index contributed by atoms with van der Waals surface area (Å²) in [7, 11) is -4.55. The number of anilines is 2. The summed E-state index contributed by atoms with van der Waals surface area (Å²) >= 11 is -2.09. The molecule has 24 heteroatoms. The van der Waals surface area contributed by atoms with Crippen LogP contribution in [0, 0.1) is 11.8 Å². The van der Waals surface area contributed by atoms with Gasteiger partial charge in [0, 0.05) is 0 Å². The van der Waals surface area contributed by atoms with Crippen molar-refractivity contribution in [1.29, 1.82) is 0 Å². The maximum atomic E-state index is 12.6. The predicted octanol–water partition coefficient (Wildman–Crippen LogP) is 6.25. The number of rotatable bonds is 12. The van der Waals surface area contributed by atoms with Gasteiger partial charge in [0.1, 0.15) is 0 Å². The Morgan fingerprint density at radius 1 is 0.576 bits per heavy atom. The fourth-order valence-electron chi connectivity index (χ4n) is 12.8. The van der Waals surface area contributed by atoms with E-state index in [0.29, 0.717) is 130 Å². The summed E-state index contributed by atoms with van der Waals surface area (Å²) in [5, 5.41) is 21.9. The smallest absolute Gasteiger partial charge is 1.00 e. The topological polar surface area (TPSA) is 279 Å². The SMILES string of the molecule is CC#CCOc1c2ccccc2c(OCCCC)c2c3[n]4c(c12)N=C1N=C(N=c2c5c(N)c6ccccc6c(N)c5c([n]2[In]4)=NC2=NC(=N3)c3c2cc2ccccc2c3-c2ccc(S(=O)(=O)O)cc2)c2c1cc1ccccc1c2-c1ccc(SOOO)cc1.O.[H-].[H-].[Na+].[Na+]. The van der Waals surface area contributed by atoms with Crippen molar-refractivity contribution >= 4 is 157 Å². The molecule has 0 saturated heterocycles. The molecule has 0 fully saturated rings. The average molecular weight is 1380 g/mol. The molecule has 0 aliphatic carbocycles. The standard InChI is InChI=1S/C68H46N10O8S2.In.2Na.H2O.2H/c1-3-5-31-83-59-45-21-13-14-22-46(45)60(84-32-6-4-2)56-55(59)67-74-62-48-34-37-15-7-9-17-41(37)49(35-23-27-39(28-24-35)87-86-85-79)51(48)63(72-62)75-66-54-53(57(69)43-19-11-12-20-44(43)58(54)70)65(77-66)73-61-47-33-38-16-8-10-18-42(38)50(52(47)64(71-61)76-68(56)78-67)36-25-29-40(30-26-36)88(80,81)82;;;;;;/h7-30,33-34H,4,6,31-32,69-70H2,1-2H3,(H2-2,71,72,73,74,75,76,77,78,79,80,81,82);;;;1H2;;/q-2;+2;2*+1;;2*-1. The monoisotopic (exact) mass is 1380 g/mol. The molecule has 0 amide bonds. The van der Waals surface area contributed by atoms with Gasteiger partial charge in [-0.05, 0) is 0 Å². The van der Waals surface area contributed by atoms with E-state index in [4.69, 9.17) is 60.5 Å². The molecule has 4 aliphatic heterocycles. The molecule has 4 aliphatic rings. The summed E-state index contributed by atoms with van der Waals surface area (Å²) in [6.45, 7) is 4.33. The number of hydrogen-bond acceptors (Lipinski definition) is 16. The minimum atomic E-state index is -4.55. The second kappa shape index (κ2) is 25.0. The zero-order chi connectivity index (χ0) is 60.4. The first-order valence-electron chi connectivity index (χ1n) is 28.5. The Morgan fingerprint density at radius 2 is 1.04 bits per heavy atom. The third-order valence-electron chi connectivity index (χ3n) is 16.7. The van der Waals surface area contributed by atoms with Gasteiger partial charge in [0.2, 0.25) is 0 Å². The molecule has 0 spiro atoms. The van der Waals surface area contributed by atoms with Crippen molar-refractivity contribution in [3.63, 3.8) is 0 Å². The minimum absolute atomic E-state index is 0. The molecule has 0 saturated carbocycles. The third-order valence-corrected chi connectivity index (χ3v) is 22.3. The van der Waals surface area contributed by atoms with E-state index in [-0.39, 0.29) is 78.9 Å². The molecule has 92 heavy (non-hydrogen) atoms. The van der Waals surface area contributed by atoms with E-state index < -0.39 is 33.6 Å². The Morgan fingerprint density at radius 3 is 1.58 bits per heavy atom. The van der Waals surface area contributed by atoms with Crippen LogP contribution >= 0.6 is 12.0 Å². The van der Waals surface area contributed by atoms with Crippen LogP contribution in [0.25, 0.3) is 86.9 Å². The number of ether oxygens (including phenoxy) is 2. The fraction of sp³-hybridized carbons (Fsp3) is 0.0882. The fourth-order valence-corrected chi connectivity index (χ4v) is 17.7. The van der Waals surface area contributed by atoms with Crippen molar-refractivity contribution in [2.45, 2.75) is 36.5 Å². The Hall–Kier alpha value is -7.67. The quantitative estimate of drug-likeness (QED) is 0.0122. The summed E-state index contributed by atoms with van der Waals surface area (Å²) in [6.07, 6.45) is 1.62. The van der Waals surface area contributed by atoms with E-state index in [9.17, 15) is 13.0 Å². The first kappa shape index (κ1) is 63.1. The summed E-state index contributed by atoms with van der Waals surface area (Å²) in [5.41, 5.74) is 22.8. The van der Waals surface area contributed by atoms with Crippen LogP contribution in [0.1, 0.15) is 51.8 Å². The van der Waals surface area contributed by atoms with Gasteiger partial charge in [0.05, 0.1) is 0 Å². The number of aromatic nitrogens is 2. The number of benzene rings is 10. The molecule has 6 heterocycles. The number of nitrogens with zero attached hydrogens (tertiary/aromatic N) is 8. The van der Waals surface area contributed by atoms with Gasteiger partial charge in [-0.2, -0.15) is 0 Å². The first-order chi connectivity index (χ1) is 43.5. The van der Waals surface area contributed by atoms with Crippen molar-refractivity contribution < 1.29 is 105 Å². The Bertz CT molecular complexity index is 5650. The summed E-state index contributed by atoms with van der Waals surface area (Å²) in [4.78, 5) is 34.8. The van der Waals surface area contributed by atoms with E-state index in [2.05, 4.69) is 53.2 Å². The molecular weight excluding hydrogens is 1330 g/mol. The van der Waals surface area contributed by atoms with Crippen LogP contribution in [0.5, 0.6) is 11.5 Å². The summed E-state index contributed by atoms with van der Waals surface area (Å²) in [5.74, 6) is 9.64. The molecule has 0 atom stereocenters. The molecule has 8 N–H and O–H groups in total. The zero-order valence-corrected chi connectivity index (χ0v) is 58.7. The van der Waals surface area contributed by atoms with Crippen LogP contribution in [-0.2, 0) is 19.5 Å². The summed E-state index contributed by atoms with van der Waals surface area (Å²) < 4.78 is 58.7.